The lowest BCUT2D eigenvalue weighted by Crippen LogP contribution is -1.91. The Morgan fingerprint density at radius 1 is 0.875 bits per heavy atom. The molecule has 3 heteroatoms. The van der Waals surface area contributed by atoms with Crippen LogP contribution in [0.3, 0.4) is 0 Å². The fourth-order valence-electron chi connectivity index (χ4n) is 1.28. The van der Waals surface area contributed by atoms with Crippen molar-refractivity contribution in [3.63, 3.8) is 0 Å². The minimum absolute atomic E-state index is 0.142. The van der Waals surface area contributed by atoms with Crippen molar-refractivity contribution in [1.82, 2.24) is 0 Å². The highest BCUT2D eigenvalue weighted by Gasteiger charge is 2.04. The molecule has 0 N–H and O–H groups in total. The maximum atomic E-state index is 13.2. The summed E-state index contributed by atoms with van der Waals surface area (Å²) in [5, 5.41) is 0. The lowest BCUT2D eigenvalue weighted by Gasteiger charge is -1.97. The predicted octanol–water partition coefficient (Wildman–Crippen LogP) is 3.72. The molecule has 0 aliphatic rings. The topological polar surface area (TPSA) is 12.4 Å². The Bertz CT molecular complexity index is 507. The van der Waals surface area contributed by atoms with Crippen LogP contribution in [-0.2, 0) is 0 Å². The zero-order chi connectivity index (χ0) is 11.4. The van der Waals surface area contributed by atoms with Crippen LogP contribution in [0.2, 0.25) is 0 Å². The first-order valence-electron chi connectivity index (χ1n) is 4.80. The first-order valence-corrected chi connectivity index (χ1v) is 4.80. The molecule has 0 spiro atoms. The highest BCUT2D eigenvalue weighted by Crippen LogP contribution is 2.12. The second kappa shape index (κ2) is 4.66. The molecule has 0 heterocycles. The maximum absolute atomic E-state index is 13.2. The van der Waals surface area contributed by atoms with Crippen LogP contribution in [-0.4, -0.2) is 6.21 Å². The molecule has 2 aromatic rings. The van der Waals surface area contributed by atoms with Crippen molar-refractivity contribution >= 4 is 11.9 Å². The van der Waals surface area contributed by atoms with Crippen LogP contribution in [0.4, 0.5) is 14.5 Å². The molecule has 0 bridgehead atoms. The van der Waals surface area contributed by atoms with Gasteiger partial charge in [-0.3, -0.25) is 4.99 Å². The Hall–Kier alpha value is -2.03. The molecule has 80 valence electrons. The standard InChI is InChI=1S/C13H9F2N/c14-12-8-4-5-10(13(12)15)9-16-11-6-2-1-3-7-11/h1-9H/b16-9+. The molecular weight excluding hydrogens is 208 g/mol. The van der Waals surface area contributed by atoms with E-state index in [9.17, 15) is 8.78 Å². The van der Waals surface area contributed by atoms with Gasteiger partial charge in [0.25, 0.3) is 0 Å². The van der Waals surface area contributed by atoms with E-state index < -0.39 is 11.6 Å². The van der Waals surface area contributed by atoms with E-state index in [0.29, 0.717) is 5.69 Å². The van der Waals surface area contributed by atoms with Gasteiger partial charge in [-0.25, -0.2) is 8.78 Å². The van der Waals surface area contributed by atoms with E-state index in [-0.39, 0.29) is 5.56 Å². The summed E-state index contributed by atoms with van der Waals surface area (Å²) in [6.45, 7) is 0. The number of aliphatic imine (C=N–C) groups is 1. The summed E-state index contributed by atoms with van der Waals surface area (Å²) in [6.07, 6.45) is 1.31. The molecule has 0 aromatic heterocycles. The van der Waals surface area contributed by atoms with Crippen LogP contribution in [0.5, 0.6) is 0 Å². The van der Waals surface area contributed by atoms with Gasteiger partial charge in [0.2, 0.25) is 0 Å². The lowest BCUT2D eigenvalue weighted by molar-refractivity contribution is 0.507. The molecule has 0 amide bonds. The number of para-hydroxylation sites is 1. The number of hydrogen-bond acceptors (Lipinski definition) is 1. The lowest BCUT2D eigenvalue weighted by atomic mass is 10.2. The van der Waals surface area contributed by atoms with Crippen molar-refractivity contribution in [2.24, 2.45) is 4.99 Å². The third-order valence-corrected chi connectivity index (χ3v) is 2.09. The van der Waals surface area contributed by atoms with Crippen molar-refractivity contribution in [1.29, 1.82) is 0 Å². The number of rotatable bonds is 2. The Balaban J connectivity index is 2.28. The summed E-state index contributed by atoms with van der Waals surface area (Å²) in [6, 6.07) is 13.1. The van der Waals surface area contributed by atoms with Crippen molar-refractivity contribution in [3.8, 4) is 0 Å². The fraction of sp³-hybridized carbons (Fsp3) is 0. The summed E-state index contributed by atoms with van der Waals surface area (Å²) in [4.78, 5) is 4.05. The highest BCUT2D eigenvalue weighted by atomic mass is 19.2. The van der Waals surface area contributed by atoms with Gasteiger partial charge in [0.1, 0.15) is 0 Å². The molecule has 0 aliphatic carbocycles. The quantitative estimate of drug-likeness (QED) is 0.680. The van der Waals surface area contributed by atoms with Gasteiger partial charge >= 0.3 is 0 Å². The Labute approximate surface area is 92.1 Å². The largest absolute Gasteiger partial charge is 0.256 e. The Kier molecular flexibility index (Phi) is 3.05. The van der Waals surface area contributed by atoms with Gasteiger partial charge in [0, 0.05) is 11.8 Å². The van der Waals surface area contributed by atoms with Crippen molar-refractivity contribution in [2.45, 2.75) is 0 Å². The third-order valence-electron chi connectivity index (χ3n) is 2.09. The van der Waals surface area contributed by atoms with Gasteiger partial charge < -0.3 is 0 Å². The average molecular weight is 217 g/mol. The van der Waals surface area contributed by atoms with Crippen molar-refractivity contribution in [3.05, 3.63) is 65.7 Å². The van der Waals surface area contributed by atoms with E-state index in [1.165, 1.54) is 18.3 Å². The maximum Gasteiger partial charge on any atom is 0.167 e. The zero-order valence-corrected chi connectivity index (χ0v) is 8.40. The number of halogens is 2. The van der Waals surface area contributed by atoms with E-state index in [4.69, 9.17) is 0 Å². The van der Waals surface area contributed by atoms with Crippen LogP contribution in [0, 0.1) is 11.6 Å². The summed E-state index contributed by atoms with van der Waals surface area (Å²) < 4.78 is 26.1. The van der Waals surface area contributed by atoms with Gasteiger partial charge in [-0.2, -0.15) is 0 Å². The second-order valence-corrected chi connectivity index (χ2v) is 3.24. The molecule has 1 nitrogen and oxygen atoms in total. The minimum Gasteiger partial charge on any atom is -0.256 e. The predicted molar refractivity (Wildman–Crippen MR) is 60.1 cm³/mol. The summed E-state index contributed by atoms with van der Waals surface area (Å²) in [5.41, 5.74) is 0.843. The fourth-order valence-corrected chi connectivity index (χ4v) is 1.28. The third kappa shape index (κ3) is 2.31. The number of nitrogens with zero attached hydrogens (tertiary/aromatic N) is 1. The molecule has 0 saturated carbocycles. The number of hydrogen-bond donors (Lipinski definition) is 0. The van der Waals surface area contributed by atoms with E-state index in [1.54, 1.807) is 12.1 Å². The van der Waals surface area contributed by atoms with Gasteiger partial charge in [-0.05, 0) is 18.2 Å². The van der Waals surface area contributed by atoms with Crippen LogP contribution in [0.25, 0.3) is 0 Å². The average Bonchev–Trinajstić information content (AvgIpc) is 2.32. The van der Waals surface area contributed by atoms with Crippen molar-refractivity contribution in [2.75, 3.05) is 0 Å². The Morgan fingerprint density at radius 3 is 2.38 bits per heavy atom. The molecule has 0 atom stereocenters. The minimum atomic E-state index is -0.873. The van der Waals surface area contributed by atoms with Crippen LogP contribution >= 0.6 is 0 Å². The summed E-state index contributed by atoms with van der Waals surface area (Å²) >= 11 is 0. The molecule has 0 saturated heterocycles. The van der Waals surface area contributed by atoms with Gasteiger partial charge in [0.15, 0.2) is 11.6 Å². The molecule has 2 rings (SSSR count). The van der Waals surface area contributed by atoms with Gasteiger partial charge in [-0.1, -0.05) is 30.3 Å². The SMILES string of the molecule is Fc1cccc(/C=N/c2ccccc2)c1F. The molecule has 16 heavy (non-hydrogen) atoms. The summed E-state index contributed by atoms with van der Waals surface area (Å²) in [5.74, 6) is -1.74. The molecule has 0 fully saturated rings. The van der Waals surface area contributed by atoms with Gasteiger partial charge in [-0.15, -0.1) is 0 Å². The van der Waals surface area contributed by atoms with E-state index >= 15 is 0 Å². The normalized spacial score (nSPS) is 10.9. The van der Waals surface area contributed by atoms with Crippen LogP contribution in [0.15, 0.2) is 53.5 Å². The van der Waals surface area contributed by atoms with Crippen LogP contribution in [0.1, 0.15) is 5.56 Å². The zero-order valence-electron chi connectivity index (χ0n) is 8.40. The molecule has 2 aromatic carbocycles. The van der Waals surface area contributed by atoms with Crippen LogP contribution < -0.4 is 0 Å². The Morgan fingerprint density at radius 2 is 1.62 bits per heavy atom. The molecule has 0 aliphatic heterocycles. The monoisotopic (exact) mass is 217 g/mol. The number of benzene rings is 2. The second-order valence-electron chi connectivity index (χ2n) is 3.24. The molecular formula is C13H9F2N. The van der Waals surface area contributed by atoms with Gasteiger partial charge in [0.05, 0.1) is 5.69 Å². The smallest absolute Gasteiger partial charge is 0.167 e. The molecule has 0 unspecified atom stereocenters. The van der Waals surface area contributed by atoms with E-state index in [0.717, 1.165) is 6.07 Å². The van der Waals surface area contributed by atoms with Crippen molar-refractivity contribution < 1.29 is 8.78 Å². The van der Waals surface area contributed by atoms with E-state index in [2.05, 4.69) is 4.99 Å². The summed E-state index contributed by atoms with van der Waals surface area (Å²) in [7, 11) is 0. The molecule has 0 radical (unpaired) electrons. The van der Waals surface area contributed by atoms with E-state index in [1.807, 2.05) is 18.2 Å². The first kappa shape index (κ1) is 10.5. The first-order chi connectivity index (χ1) is 7.77. The highest BCUT2D eigenvalue weighted by molar-refractivity contribution is 5.82.